The molecule has 0 N–H and O–H groups in total. The normalized spacial score (nSPS) is 4.50. The fraction of sp³-hybridized carbons (Fsp3) is 0.667. The molecule has 0 bridgehead atoms. The first-order valence-electron chi connectivity index (χ1n) is 2.31. The number of hydrogen-bond acceptors (Lipinski definition) is 0. The van der Waals surface area contributed by atoms with E-state index in [2.05, 4.69) is 0 Å². The third-order valence-corrected chi connectivity index (χ3v) is 0. The van der Waals surface area contributed by atoms with Crippen molar-refractivity contribution in [3.05, 3.63) is 12.8 Å². The Morgan fingerprint density at radius 2 is 0.750 bits per heavy atom. The second-order valence-corrected chi connectivity index (χ2v) is 1.15. The topological polar surface area (TPSA) is 0 Å². The van der Waals surface area contributed by atoms with Crippen LogP contribution in [0.5, 0.6) is 0 Å². The van der Waals surface area contributed by atoms with Crippen molar-refractivity contribution in [2.24, 2.45) is 0 Å². The van der Waals surface area contributed by atoms with Gasteiger partial charge in [-0.2, -0.15) is 0 Å². The van der Waals surface area contributed by atoms with Gasteiger partial charge in [0.2, 0.25) is 0 Å². The van der Waals surface area contributed by atoms with E-state index in [1.807, 2.05) is 40.5 Å². The van der Waals surface area contributed by atoms with Gasteiger partial charge in [-0.1, -0.05) is 27.7 Å². The molecule has 48 valence electrons. The van der Waals surface area contributed by atoms with Gasteiger partial charge in [0.1, 0.15) is 0 Å². The summed E-state index contributed by atoms with van der Waals surface area (Å²) in [4.78, 5) is 0. The van der Waals surface area contributed by atoms with Crippen molar-refractivity contribution in [2.45, 2.75) is 27.7 Å². The fourth-order valence-corrected chi connectivity index (χ4v) is 0. The second-order valence-electron chi connectivity index (χ2n) is 1.15. The molecular weight excluding hydrogens is 267 g/mol. The smallest absolute Gasteiger partial charge is 1.00 e. The molecule has 0 nitrogen and oxygen atoms in total. The summed E-state index contributed by atoms with van der Waals surface area (Å²) in [6.45, 7) is 8.00. The van der Waals surface area contributed by atoms with Crippen LogP contribution in [0.25, 0.3) is 0 Å². The van der Waals surface area contributed by atoms with Crippen molar-refractivity contribution in [3.8, 4) is 0 Å². The van der Waals surface area contributed by atoms with Gasteiger partial charge in [-0.05, 0) is 12.8 Å². The van der Waals surface area contributed by atoms with E-state index in [1.54, 1.807) is 0 Å². The SMILES string of the molecule is C[CH]C.C[CH]C.[Br-].[In+]. The molecule has 0 aliphatic rings. The summed E-state index contributed by atoms with van der Waals surface area (Å²) in [5, 5.41) is 0. The van der Waals surface area contributed by atoms with E-state index in [1.165, 1.54) is 0 Å². The van der Waals surface area contributed by atoms with Gasteiger partial charge in [-0.25, -0.2) is 0 Å². The largest absolute Gasteiger partial charge is 1.00 e. The molecule has 0 rings (SSSR count). The molecule has 0 heterocycles. The Morgan fingerprint density at radius 3 is 0.750 bits per heavy atom. The van der Waals surface area contributed by atoms with Crippen LogP contribution >= 0.6 is 0 Å². The van der Waals surface area contributed by atoms with Gasteiger partial charge in [0.05, 0.1) is 0 Å². The zero-order chi connectivity index (χ0) is 5.41. The quantitative estimate of drug-likeness (QED) is 0.539. The maximum absolute atomic E-state index is 2.00. The molecule has 0 saturated carbocycles. The van der Waals surface area contributed by atoms with E-state index in [0.717, 1.165) is 0 Å². The summed E-state index contributed by atoms with van der Waals surface area (Å²) in [7, 11) is 0. The minimum atomic E-state index is 0. The van der Waals surface area contributed by atoms with Crippen LogP contribution in [0, 0.1) is 12.8 Å². The molecule has 0 saturated heterocycles. The van der Waals surface area contributed by atoms with Gasteiger partial charge >= 0.3 is 25.8 Å². The molecule has 0 amide bonds. The van der Waals surface area contributed by atoms with E-state index in [4.69, 9.17) is 0 Å². The van der Waals surface area contributed by atoms with Crippen LogP contribution in [0.1, 0.15) is 27.7 Å². The molecule has 0 spiro atoms. The molecule has 4 radical (unpaired) electrons. The predicted molar refractivity (Wildman–Crippen MR) is 37.0 cm³/mol. The molecule has 2 heteroatoms. The third-order valence-electron chi connectivity index (χ3n) is 0. The summed E-state index contributed by atoms with van der Waals surface area (Å²) in [5.41, 5.74) is 0. The minimum Gasteiger partial charge on any atom is -1.00 e. The summed E-state index contributed by atoms with van der Waals surface area (Å²) in [5.74, 6) is 0. The van der Waals surface area contributed by atoms with E-state index in [-0.39, 0.29) is 42.8 Å². The van der Waals surface area contributed by atoms with Crippen molar-refractivity contribution in [2.75, 3.05) is 0 Å². The maximum Gasteiger partial charge on any atom is 1.00 e. The van der Waals surface area contributed by atoms with Crippen molar-refractivity contribution >= 4 is 25.8 Å². The van der Waals surface area contributed by atoms with Gasteiger partial charge in [0.25, 0.3) is 0 Å². The summed E-state index contributed by atoms with van der Waals surface area (Å²) in [6, 6.07) is 0. The molecule has 0 aliphatic carbocycles. The first-order valence-corrected chi connectivity index (χ1v) is 2.31. The summed E-state index contributed by atoms with van der Waals surface area (Å²) < 4.78 is 0. The Balaban J connectivity index is -0.0000000160. The molecule has 0 aromatic rings. The van der Waals surface area contributed by atoms with Crippen LogP contribution in [0.2, 0.25) is 0 Å². The van der Waals surface area contributed by atoms with Crippen LogP contribution in [0.4, 0.5) is 0 Å². The molecule has 0 atom stereocenters. The van der Waals surface area contributed by atoms with Crippen LogP contribution in [-0.4, -0.2) is 25.8 Å². The molecule has 0 aliphatic heterocycles. The number of halogens is 1. The molecule has 8 heavy (non-hydrogen) atoms. The Kier molecular flexibility index (Phi) is 114. The summed E-state index contributed by atoms with van der Waals surface area (Å²) in [6.07, 6.45) is 4.00. The number of hydrogen-bond donors (Lipinski definition) is 0. The zero-order valence-electron chi connectivity index (χ0n) is 6.11. The second kappa shape index (κ2) is 40.2. The van der Waals surface area contributed by atoms with Gasteiger partial charge in [0, 0.05) is 0 Å². The summed E-state index contributed by atoms with van der Waals surface area (Å²) >= 11 is 0. The van der Waals surface area contributed by atoms with Crippen LogP contribution in [0.15, 0.2) is 0 Å². The predicted octanol–water partition coefficient (Wildman–Crippen LogP) is -0.916. The maximum atomic E-state index is 2.00. The third kappa shape index (κ3) is 163. The molecule has 0 unspecified atom stereocenters. The van der Waals surface area contributed by atoms with Gasteiger partial charge in [-0.3, -0.25) is 0 Å². The molecule has 0 aromatic carbocycles. The van der Waals surface area contributed by atoms with E-state index < -0.39 is 0 Å². The fourth-order valence-electron chi connectivity index (χ4n) is 0. The van der Waals surface area contributed by atoms with Crippen molar-refractivity contribution < 1.29 is 17.0 Å². The number of rotatable bonds is 0. The monoisotopic (exact) mass is 280 g/mol. The van der Waals surface area contributed by atoms with E-state index in [0.29, 0.717) is 0 Å². The van der Waals surface area contributed by atoms with Gasteiger partial charge in [0.15, 0.2) is 0 Å². The van der Waals surface area contributed by atoms with Crippen molar-refractivity contribution in [3.63, 3.8) is 0 Å². The first-order chi connectivity index (χ1) is 2.83. The molecule has 0 aromatic heterocycles. The van der Waals surface area contributed by atoms with Gasteiger partial charge in [-0.15, -0.1) is 0 Å². The standard InChI is InChI=1S/2C3H7.BrH.In/c2*1-3-2;;/h2*3H,1-2H3;1H;/q;;;+1/p-1. The van der Waals surface area contributed by atoms with Gasteiger partial charge < -0.3 is 17.0 Å². The van der Waals surface area contributed by atoms with Crippen LogP contribution in [0.3, 0.4) is 0 Å². The van der Waals surface area contributed by atoms with Crippen LogP contribution < -0.4 is 17.0 Å². The zero-order valence-corrected chi connectivity index (χ0v) is 11.0. The molecular formula is C6H14BrIn. The van der Waals surface area contributed by atoms with E-state index in [9.17, 15) is 0 Å². The average Bonchev–Trinajstić information content (AvgIpc) is 1.39. The Bertz CT molecular complexity index is 10.5. The van der Waals surface area contributed by atoms with Crippen molar-refractivity contribution in [1.29, 1.82) is 0 Å². The van der Waals surface area contributed by atoms with Crippen molar-refractivity contribution in [1.82, 2.24) is 0 Å². The average molecular weight is 281 g/mol. The van der Waals surface area contributed by atoms with Crippen LogP contribution in [-0.2, 0) is 0 Å². The molecule has 0 fully saturated rings. The Morgan fingerprint density at radius 1 is 0.750 bits per heavy atom. The minimum absolute atomic E-state index is 0. The Labute approximate surface area is 83.0 Å². The van der Waals surface area contributed by atoms with E-state index >= 15 is 0 Å². The first kappa shape index (κ1) is 22.8. The Hall–Kier alpha value is 1.35.